The van der Waals surface area contributed by atoms with Crippen molar-refractivity contribution in [3.8, 4) is 11.4 Å². The fourth-order valence-corrected chi connectivity index (χ4v) is 3.32. The van der Waals surface area contributed by atoms with Crippen LogP contribution in [0.4, 0.5) is 5.69 Å². The van der Waals surface area contributed by atoms with Gasteiger partial charge in [-0.05, 0) is 48.5 Å². The topological polar surface area (TPSA) is 60.3 Å². The minimum Gasteiger partial charge on any atom is -0.493 e. The molecule has 6 nitrogen and oxygen atoms in total. The van der Waals surface area contributed by atoms with Crippen molar-refractivity contribution in [2.75, 3.05) is 12.0 Å². The van der Waals surface area contributed by atoms with Crippen LogP contribution < -0.4 is 9.64 Å². The fraction of sp³-hybridized carbons (Fsp3) is 0.0870. The molecule has 0 aliphatic carbocycles. The Kier molecular flexibility index (Phi) is 5.90. The number of anilines is 1. The molecule has 30 heavy (non-hydrogen) atoms. The fourth-order valence-electron chi connectivity index (χ4n) is 3.05. The Morgan fingerprint density at radius 3 is 2.43 bits per heavy atom. The van der Waals surface area contributed by atoms with Gasteiger partial charge in [-0.3, -0.25) is 9.78 Å². The second-order valence-corrected chi connectivity index (χ2v) is 7.43. The van der Waals surface area contributed by atoms with Crippen molar-refractivity contribution in [2.45, 2.75) is 6.54 Å². The van der Waals surface area contributed by atoms with Gasteiger partial charge >= 0.3 is 0 Å². The Morgan fingerprint density at radius 1 is 1.03 bits per heavy atom. The molecule has 0 aliphatic heterocycles. The van der Waals surface area contributed by atoms with E-state index >= 15 is 0 Å². The molecular weight excluding hydrogens is 444 g/mol. The van der Waals surface area contributed by atoms with Gasteiger partial charge in [0.2, 0.25) is 0 Å². The Hall–Kier alpha value is -3.45. The van der Waals surface area contributed by atoms with Crippen LogP contribution in [-0.2, 0) is 6.54 Å². The van der Waals surface area contributed by atoms with Crippen molar-refractivity contribution in [2.24, 2.45) is 0 Å². The number of halogens is 1. The first-order valence-corrected chi connectivity index (χ1v) is 10.1. The third kappa shape index (κ3) is 4.26. The van der Waals surface area contributed by atoms with Gasteiger partial charge in [0.05, 0.1) is 31.2 Å². The lowest BCUT2D eigenvalue weighted by molar-refractivity contribution is 0.0976. The summed E-state index contributed by atoms with van der Waals surface area (Å²) in [6.07, 6.45) is 3.42. The first-order chi connectivity index (χ1) is 14.7. The Morgan fingerprint density at radius 2 is 1.77 bits per heavy atom. The van der Waals surface area contributed by atoms with E-state index in [0.717, 1.165) is 21.5 Å². The summed E-state index contributed by atoms with van der Waals surface area (Å²) in [5.74, 6) is 0.140. The van der Waals surface area contributed by atoms with E-state index in [0.29, 0.717) is 12.3 Å². The molecule has 0 aliphatic rings. The van der Waals surface area contributed by atoms with E-state index in [4.69, 9.17) is 4.74 Å². The van der Waals surface area contributed by atoms with Gasteiger partial charge in [0.1, 0.15) is 0 Å². The van der Waals surface area contributed by atoms with Crippen LogP contribution in [0.3, 0.4) is 0 Å². The summed E-state index contributed by atoms with van der Waals surface area (Å²) in [6.45, 7) is 0.308. The highest BCUT2D eigenvalue weighted by molar-refractivity contribution is 9.10. The van der Waals surface area contributed by atoms with Crippen molar-refractivity contribution in [1.29, 1.82) is 0 Å². The highest BCUT2D eigenvalue weighted by atomic mass is 79.9. The minimum atomic E-state index is -0.269. The summed E-state index contributed by atoms with van der Waals surface area (Å²) >= 11 is 3.44. The van der Waals surface area contributed by atoms with E-state index in [1.54, 1.807) is 22.0 Å². The summed E-state index contributed by atoms with van der Waals surface area (Å²) in [7, 11) is 1.53. The summed E-state index contributed by atoms with van der Waals surface area (Å²) in [5, 5.41) is 4.53. The standard InChI is InChI=1S/C23H19BrN4O2/c1-30-21-16-28(20-8-3-2-4-9-20)26-22(21)23(29)27(15-18-7-5-6-14-25-18)19-12-10-17(24)11-13-19/h2-14,16H,15H2,1H3. The average Bonchev–Trinajstić information content (AvgIpc) is 3.24. The van der Waals surface area contributed by atoms with Crippen LogP contribution in [0.15, 0.2) is 89.7 Å². The maximum absolute atomic E-state index is 13.6. The number of para-hydroxylation sites is 1. The van der Waals surface area contributed by atoms with E-state index in [9.17, 15) is 4.79 Å². The van der Waals surface area contributed by atoms with Crippen LogP contribution in [0, 0.1) is 0 Å². The van der Waals surface area contributed by atoms with E-state index in [-0.39, 0.29) is 11.6 Å². The molecular formula is C23H19BrN4O2. The van der Waals surface area contributed by atoms with Gasteiger partial charge in [-0.2, -0.15) is 5.10 Å². The van der Waals surface area contributed by atoms with Gasteiger partial charge in [-0.25, -0.2) is 4.68 Å². The highest BCUT2D eigenvalue weighted by Gasteiger charge is 2.26. The molecule has 0 unspecified atom stereocenters. The molecule has 2 aromatic carbocycles. The van der Waals surface area contributed by atoms with Crippen LogP contribution in [0.25, 0.3) is 5.69 Å². The van der Waals surface area contributed by atoms with Crippen LogP contribution in [0.1, 0.15) is 16.2 Å². The molecule has 0 atom stereocenters. The molecule has 0 saturated carbocycles. The molecule has 0 saturated heterocycles. The number of amides is 1. The van der Waals surface area contributed by atoms with Crippen LogP contribution in [-0.4, -0.2) is 27.8 Å². The third-order valence-electron chi connectivity index (χ3n) is 4.55. The molecule has 0 fully saturated rings. The molecule has 1 amide bonds. The summed E-state index contributed by atoms with van der Waals surface area (Å²) in [4.78, 5) is 19.6. The minimum absolute atomic E-state index is 0.236. The molecule has 2 aromatic heterocycles. The molecule has 0 bridgehead atoms. The molecule has 4 aromatic rings. The van der Waals surface area contributed by atoms with Crippen molar-refractivity contribution in [3.63, 3.8) is 0 Å². The van der Waals surface area contributed by atoms with Crippen molar-refractivity contribution in [3.05, 3.63) is 101 Å². The molecule has 0 radical (unpaired) electrons. The predicted molar refractivity (Wildman–Crippen MR) is 119 cm³/mol. The van der Waals surface area contributed by atoms with E-state index in [1.165, 1.54) is 7.11 Å². The van der Waals surface area contributed by atoms with E-state index in [2.05, 4.69) is 26.0 Å². The van der Waals surface area contributed by atoms with E-state index < -0.39 is 0 Å². The van der Waals surface area contributed by atoms with Gasteiger partial charge in [0, 0.05) is 16.4 Å². The number of aromatic nitrogens is 3. The smallest absolute Gasteiger partial charge is 0.283 e. The van der Waals surface area contributed by atoms with E-state index in [1.807, 2.05) is 72.8 Å². The number of hydrogen-bond acceptors (Lipinski definition) is 4. The number of benzene rings is 2. The van der Waals surface area contributed by atoms with Crippen molar-refractivity contribution >= 4 is 27.5 Å². The number of pyridine rings is 1. The van der Waals surface area contributed by atoms with Gasteiger partial charge in [0.15, 0.2) is 11.4 Å². The second-order valence-electron chi connectivity index (χ2n) is 6.51. The number of methoxy groups -OCH3 is 1. The SMILES string of the molecule is COc1cn(-c2ccccc2)nc1C(=O)N(Cc1ccccn1)c1ccc(Br)cc1. The molecule has 2 heterocycles. The number of nitrogens with zero attached hydrogens (tertiary/aromatic N) is 4. The zero-order chi connectivity index (χ0) is 20.9. The van der Waals surface area contributed by atoms with Gasteiger partial charge in [-0.1, -0.05) is 40.2 Å². The molecule has 0 N–H and O–H groups in total. The first-order valence-electron chi connectivity index (χ1n) is 9.32. The zero-order valence-electron chi connectivity index (χ0n) is 16.3. The second kappa shape index (κ2) is 8.92. The highest BCUT2D eigenvalue weighted by Crippen LogP contribution is 2.26. The van der Waals surface area contributed by atoms with Gasteiger partial charge in [0.25, 0.3) is 5.91 Å². The largest absolute Gasteiger partial charge is 0.493 e. The summed E-state index contributed by atoms with van der Waals surface area (Å²) < 4.78 is 8.05. The number of carbonyl (C=O) groups excluding carboxylic acids is 1. The molecule has 7 heteroatoms. The lowest BCUT2D eigenvalue weighted by Crippen LogP contribution is -2.31. The quantitative estimate of drug-likeness (QED) is 0.409. The molecule has 0 spiro atoms. The number of carbonyl (C=O) groups is 1. The third-order valence-corrected chi connectivity index (χ3v) is 5.08. The lowest BCUT2D eigenvalue weighted by atomic mass is 10.2. The Bertz CT molecular complexity index is 1130. The van der Waals surface area contributed by atoms with Crippen molar-refractivity contribution in [1.82, 2.24) is 14.8 Å². The molecule has 150 valence electrons. The lowest BCUT2D eigenvalue weighted by Gasteiger charge is -2.22. The number of hydrogen-bond donors (Lipinski definition) is 0. The molecule has 4 rings (SSSR count). The summed E-state index contributed by atoms with van der Waals surface area (Å²) in [6, 6.07) is 22.8. The Labute approximate surface area is 182 Å². The average molecular weight is 463 g/mol. The normalized spacial score (nSPS) is 10.6. The monoisotopic (exact) mass is 462 g/mol. The number of ether oxygens (including phenoxy) is 1. The Balaban J connectivity index is 1.74. The maximum atomic E-state index is 13.6. The summed E-state index contributed by atoms with van der Waals surface area (Å²) in [5.41, 5.74) is 2.59. The van der Waals surface area contributed by atoms with Crippen molar-refractivity contribution < 1.29 is 9.53 Å². The maximum Gasteiger partial charge on any atom is 0.283 e. The van der Waals surface area contributed by atoms with Gasteiger partial charge in [-0.15, -0.1) is 0 Å². The number of rotatable bonds is 6. The van der Waals surface area contributed by atoms with Crippen LogP contribution in [0.5, 0.6) is 5.75 Å². The van der Waals surface area contributed by atoms with Crippen LogP contribution in [0.2, 0.25) is 0 Å². The first kappa shape index (κ1) is 19.8. The predicted octanol–water partition coefficient (Wildman–Crippen LogP) is 4.89. The van der Waals surface area contributed by atoms with Crippen LogP contribution >= 0.6 is 15.9 Å². The zero-order valence-corrected chi connectivity index (χ0v) is 17.9. The van der Waals surface area contributed by atoms with Gasteiger partial charge < -0.3 is 9.64 Å².